The fourth-order valence-electron chi connectivity index (χ4n) is 0.683. The Bertz CT molecular complexity index is 267. The quantitative estimate of drug-likeness (QED) is 0.751. The number of carbonyl (C=O) groups is 1. The monoisotopic (exact) mass is 194 g/mol. The van der Waals surface area contributed by atoms with Gasteiger partial charge in [0.2, 0.25) is 0 Å². The van der Waals surface area contributed by atoms with E-state index < -0.39 is 5.97 Å². The van der Waals surface area contributed by atoms with Crippen molar-refractivity contribution in [1.29, 1.82) is 0 Å². The van der Waals surface area contributed by atoms with Gasteiger partial charge in [-0.15, -0.1) is 0 Å². The number of rotatable bonds is 3. The van der Waals surface area contributed by atoms with Crippen LogP contribution < -0.4 is 4.74 Å². The molecule has 0 aliphatic heterocycles. The van der Waals surface area contributed by atoms with Gasteiger partial charge in [-0.05, 0) is 19.1 Å². The van der Waals surface area contributed by atoms with Crippen LogP contribution in [0.2, 0.25) is 0 Å². The zero-order valence-corrected chi connectivity index (χ0v) is 8.14. The third-order valence-electron chi connectivity index (χ3n) is 1.23. The summed E-state index contributed by atoms with van der Waals surface area (Å²) in [6.07, 6.45) is 0.833. The average molecular weight is 194 g/mol. The zero-order valence-electron chi connectivity index (χ0n) is 8.14. The molecule has 0 heterocycles. The molecule has 0 saturated heterocycles. The van der Waals surface area contributed by atoms with E-state index in [2.05, 4.69) is 6.58 Å². The molecule has 0 spiro atoms. The minimum Gasteiger partial charge on any atom is -0.494 e. The fraction of sp³-hybridized carbons (Fsp3) is 0.182. The Morgan fingerprint density at radius 3 is 2.36 bits per heavy atom. The Hall–Kier alpha value is -1.77. The molecular formula is C11H14O3. The number of hydrogen-bond acceptors (Lipinski definition) is 2. The molecule has 1 aromatic rings. The van der Waals surface area contributed by atoms with Gasteiger partial charge in [-0.25, -0.2) is 4.79 Å². The zero-order chi connectivity index (χ0) is 10.8. The van der Waals surface area contributed by atoms with Crippen LogP contribution in [0.4, 0.5) is 0 Å². The first kappa shape index (κ1) is 12.2. The van der Waals surface area contributed by atoms with Gasteiger partial charge in [-0.3, -0.25) is 0 Å². The summed E-state index contributed by atoms with van der Waals surface area (Å²) in [6, 6.07) is 9.80. The predicted octanol–water partition coefficient (Wildman–Crippen LogP) is 2.34. The molecule has 1 N–H and O–H groups in total. The first-order valence-electron chi connectivity index (χ1n) is 4.24. The van der Waals surface area contributed by atoms with E-state index in [1.807, 2.05) is 37.3 Å². The summed E-state index contributed by atoms with van der Waals surface area (Å²) in [7, 11) is 0. The van der Waals surface area contributed by atoms with Gasteiger partial charge in [0, 0.05) is 6.08 Å². The van der Waals surface area contributed by atoms with E-state index in [1.165, 1.54) is 0 Å². The van der Waals surface area contributed by atoms with E-state index in [1.54, 1.807) is 0 Å². The molecule has 0 unspecified atom stereocenters. The second kappa shape index (κ2) is 7.86. The third-order valence-corrected chi connectivity index (χ3v) is 1.23. The number of carboxylic acids is 1. The summed E-state index contributed by atoms with van der Waals surface area (Å²) in [4.78, 5) is 9.25. The van der Waals surface area contributed by atoms with Gasteiger partial charge < -0.3 is 9.84 Å². The number of para-hydroxylation sites is 1. The molecule has 1 aromatic carbocycles. The molecule has 0 amide bonds. The number of hydrogen-bond donors (Lipinski definition) is 1. The van der Waals surface area contributed by atoms with Crippen LogP contribution in [0.15, 0.2) is 43.0 Å². The van der Waals surface area contributed by atoms with Crippen molar-refractivity contribution in [3.8, 4) is 5.75 Å². The van der Waals surface area contributed by atoms with E-state index >= 15 is 0 Å². The van der Waals surface area contributed by atoms with Crippen LogP contribution in [-0.4, -0.2) is 17.7 Å². The summed E-state index contributed by atoms with van der Waals surface area (Å²) in [5.74, 6) is -0.0370. The molecule has 0 aromatic heterocycles. The SMILES string of the molecule is C=CC(=O)O.CCOc1ccccc1. The predicted molar refractivity (Wildman–Crippen MR) is 55.4 cm³/mol. The van der Waals surface area contributed by atoms with Crippen LogP contribution in [0.25, 0.3) is 0 Å². The maximum atomic E-state index is 9.25. The van der Waals surface area contributed by atoms with Gasteiger partial charge in [-0.2, -0.15) is 0 Å². The van der Waals surface area contributed by atoms with Crippen molar-refractivity contribution in [1.82, 2.24) is 0 Å². The number of benzene rings is 1. The summed E-state index contributed by atoms with van der Waals surface area (Å²) >= 11 is 0. The normalized spacial score (nSPS) is 8.07. The minimum atomic E-state index is -0.981. The second-order valence-electron chi connectivity index (χ2n) is 2.29. The average Bonchev–Trinajstić information content (AvgIpc) is 2.21. The molecule has 0 aliphatic rings. The van der Waals surface area contributed by atoms with Gasteiger partial charge in [0.05, 0.1) is 6.61 Å². The Morgan fingerprint density at radius 1 is 1.50 bits per heavy atom. The van der Waals surface area contributed by atoms with Crippen LogP contribution in [-0.2, 0) is 4.79 Å². The van der Waals surface area contributed by atoms with Gasteiger partial charge >= 0.3 is 5.97 Å². The molecule has 3 nitrogen and oxygen atoms in total. The maximum absolute atomic E-state index is 9.25. The summed E-state index contributed by atoms with van der Waals surface area (Å²) in [5.41, 5.74) is 0. The van der Waals surface area contributed by atoms with Crippen LogP contribution in [0.5, 0.6) is 5.75 Å². The highest BCUT2D eigenvalue weighted by molar-refractivity contribution is 5.78. The van der Waals surface area contributed by atoms with E-state index in [0.717, 1.165) is 18.4 Å². The molecule has 0 fully saturated rings. The minimum absolute atomic E-state index is 0.740. The molecule has 14 heavy (non-hydrogen) atoms. The van der Waals surface area contributed by atoms with Gasteiger partial charge in [0.15, 0.2) is 0 Å². The Morgan fingerprint density at radius 2 is 2.00 bits per heavy atom. The Labute approximate surface area is 83.6 Å². The standard InChI is InChI=1S/C8H10O.C3H4O2/c1-2-9-8-6-4-3-5-7-8;1-2-3(4)5/h3-7H,2H2,1H3;2H,1H2,(H,4,5). The molecule has 0 saturated carbocycles. The first-order chi connectivity index (χ1) is 6.70. The smallest absolute Gasteiger partial charge is 0.327 e. The van der Waals surface area contributed by atoms with Gasteiger partial charge in [0.25, 0.3) is 0 Å². The van der Waals surface area contributed by atoms with Crippen molar-refractivity contribution >= 4 is 5.97 Å². The molecule has 0 atom stereocenters. The van der Waals surface area contributed by atoms with E-state index in [0.29, 0.717) is 0 Å². The maximum Gasteiger partial charge on any atom is 0.327 e. The van der Waals surface area contributed by atoms with Crippen molar-refractivity contribution in [3.63, 3.8) is 0 Å². The van der Waals surface area contributed by atoms with E-state index in [-0.39, 0.29) is 0 Å². The van der Waals surface area contributed by atoms with Crippen LogP contribution in [0.1, 0.15) is 6.92 Å². The van der Waals surface area contributed by atoms with Crippen molar-refractivity contribution in [2.75, 3.05) is 6.61 Å². The molecule has 3 heteroatoms. The topological polar surface area (TPSA) is 46.5 Å². The third kappa shape index (κ3) is 6.91. The summed E-state index contributed by atoms with van der Waals surface area (Å²) < 4.78 is 5.21. The highest BCUT2D eigenvalue weighted by Crippen LogP contribution is 2.06. The lowest BCUT2D eigenvalue weighted by Crippen LogP contribution is -1.89. The fourth-order valence-corrected chi connectivity index (χ4v) is 0.683. The molecule has 76 valence electrons. The van der Waals surface area contributed by atoms with Crippen LogP contribution >= 0.6 is 0 Å². The molecular weight excluding hydrogens is 180 g/mol. The van der Waals surface area contributed by atoms with E-state index in [9.17, 15) is 4.79 Å². The lowest BCUT2D eigenvalue weighted by molar-refractivity contribution is -0.131. The Balaban J connectivity index is 0.000000292. The Kier molecular flexibility index (Phi) is 6.86. The summed E-state index contributed by atoms with van der Waals surface area (Å²) in [5, 5.41) is 7.60. The molecule has 0 bridgehead atoms. The van der Waals surface area contributed by atoms with E-state index in [4.69, 9.17) is 9.84 Å². The highest BCUT2D eigenvalue weighted by atomic mass is 16.5. The number of carboxylic acid groups (broad SMARTS) is 1. The lowest BCUT2D eigenvalue weighted by Gasteiger charge is -1.99. The van der Waals surface area contributed by atoms with Crippen molar-refractivity contribution in [2.24, 2.45) is 0 Å². The highest BCUT2D eigenvalue weighted by Gasteiger charge is 1.83. The molecule has 0 radical (unpaired) electrons. The number of aliphatic carboxylic acids is 1. The summed E-state index contributed by atoms with van der Waals surface area (Å²) in [6.45, 7) is 5.68. The largest absolute Gasteiger partial charge is 0.494 e. The van der Waals surface area contributed by atoms with Crippen molar-refractivity contribution < 1.29 is 14.6 Å². The van der Waals surface area contributed by atoms with Crippen molar-refractivity contribution in [3.05, 3.63) is 43.0 Å². The molecule has 1 rings (SSSR count). The van der Waals surface area contributed by atoms with Crippen LogP contribution in [0, 0.1) is 0 Å². The molecule has 0 aliphatic carbocycles. The van der Waals surface area contributed by atoms with Gasteiger partial charge in [-0.1, -0.05) is 24.8 Å². The van der Waals surface area contributed by atoms with Crippen molar-refractivity contribution in [2.45, 2.75) is 6.92 Å². The number of ether oxygens (including phenoxy) is 1. The lowest BCUT2D eigenvalue weighted by atomic mass is 10.3. The first-order valence-corrected chi connectivity index (χ1v) is 4.24. The van der Waals surface area contributed by atoms with Gasteiger partial charge in [0.1, 0.15) is 5.75 Å². The second-order valence-corrected chi connectivity index (χ2v) is 2.29. The van der Waals surface area contributed by atoms with Crippen LogP contribution in [0.3, 0.4) is 0 Å².